The van der Waals surface area contributed by atoms with Crippen LogP contribution in [0.15, 0.2) is 24.3 Å². The molecule has 4 bridgehead atoms. The van der Waals surface area contributed by atoms with Gasteiger partial charge in [-0.1, -0.05) is 12.1 Å². The molecule has 1 aromatic carbocycles. The maximum atomic E-state index is 6.24. The van der Waals surface area contributed by atoms with Crippen LogP contribution < -0.4 is 4.74 Å². The lowest BCUT2D eigenvalue weighted by Gasteiger charge is -2.60. The maximum absolute atomic E-state index is 6.24. The first-order valence-electron chi connectivity index (χ1n) is 8.41. The van der Waals surface area contributed by atoms with Crippen molar-refractivity contribution in [3.63, 3.8) is 0 Å². The van der Waals surface area contributed by atoms with E-state index in [1.807, 2.05) is 7.11 Å². The topological polar surface area (TPSA) is 18.5 Å². The number of hydrogen-bond acceptors (Lipinski definition) is 2. The minimum atomic E-state index is 0.0992. The number of ether oxygens (including phenoxy) is 2. The third kappa shape index (κ3) is 2.11. The summed E-state index contributed by atoms with van der Waals surface area (Å²) in [4.78, 5) is 0. The molecule has 4 aliphatic rings. The normalized spacial score (nSPS) is 40.5. The smallest absolute Gasteiger partial charge is 0.118 e. The zero-order valence-electron chi connectivity index (χ0n) is 13.2. The van der Waals surface area contributed by atoms with Crippen molar-refractivity contribution >= 4 is 0 Å². The monoisotopic (exact) mass is 286 g/mol. The second-order valence-corrected chi connectivity index (χ2v) is 7.49. The van der Waals surface area contributed by atoms with E-state index >= 15 is 0 Å². The van der Waals surface area contributed by atoms with E-state index in [2.05, 4.69) is 24.3 Å². The van der Waals surface area contributed by atoms with Crippen molar-refractivity contribution in [3.05, 3.63) is 29.8 Å². The molecule has 114 valence electrons. The van der Waals surface area contributed by atoms with Crippen molar-refractivity contribution in [1.29, 1.82) is 0 Å². The molecular weight excluding hydrogens is 260 g/mol. The van der Waals surface area contributed by atoms with E-state index in [1.54, 1.807) is 7.11 Å². The van der Waals surface area contributed by atoms with E-state index in [0.717, 1.165) is 35.8 Å². The zero-order chi connectivity index (χ0) is 14.4. The Hall–Kier alpha value is -1.02. The second-order valence-electron chi connectivity index (χ2n) is 7.49. The summed E-state index contributed by atoms with van der Waals surface area (Å²) < 4.78 is 11.5. The number of hydrogen-bond donors (Lipinski definition) is 0. The fourth-order valence-corrected chi connectivity index (χ4v) is 5.74. The number of rotatable bonds is 4. The highest BCUT2D eigenvalue weighted by Gasteiger charge is 2.57. The SMILES string of the molecule is COc1ccc(CC2(OC)C3CC4CC(C3)CC2C4)cc1. The molecule has 0 N–H and O–H groups in total. The van der Waals surface area contributed by atoms with E-state index in [-0.39, 0.29) is 5.60 Å². The van der Waals surface area contributed by atoms with Gasteiger partial charge in [-0.25, -0.2) is 0 Å². The molecule has 0 aliphatic heterocycles. The highest BCUT2D eigenvalue weighted by Crippen LogP contribution is 2.60. The fourth-order valence-electron chi connectivity index (χ4n) is 5.74. The van der Waals surface area contributed by atoms with E-state index in [4.69, 9.17) is 9.47 Å². The van der Waals surface area contributed by atoms with Crippen LogP contribution in [-0.2, 0) is 11.2 Å². The maximum Gasteiger partial charge on any atom is 0.118 e. The molecule has 2 nitrogen and oxygen atoms in total. The molecule has 4 fully saturated rings. The Morgan fingerprint density at radius 3 is 1.95 bits per heavy atom. The summed E-state index contributed by atoms with van der Waals surface area (Å²) in [5, 5.41) is 0. The van der Waals surface area contributed by atoms with Gasteiger partial charge in [-0.15, -0.1) is 0 Å². The van der Waals surface area contributed by atoms with Crippen molar-refractivity contribution in [2.75, 3.05) is 14.2 Å². The third-order valence-corrected chi connectivity index (χ3v) is 6.54. The molecule has 0 spiro atoms. The quantitative estimate of drug-likeness (QED) is 0.830. The second kappa shape index (κ2) is 5.01. The van der Waals surface area contributed by atoms with Crippen molar-refractivity contribution in [3.8, 4) is 5.75 Å². The highest BCUT2D eigenvalue weighted by molar-refractivity contribution is 5.29. The predicted octanol–water partition coefficient (Wildman–Crippen LogP) is 4.08. The molecule has 21 heavy (non-hydrogen) atoms. The minimum Gasteiger partial charge on any atom is -0.497 e. The average molecular weight is 286 g/mol. The molecule has 2 heteroatoms. The van der Waals surface area contributed by atoms with Crippen LogP contribution in [0.3, 0.4) is 0 Å². The molecule has 0 heterocycles. The summed E-state index contributed by atoms with van der Waals surface area (Å²) in [6.07, 6.45) is 8.17. The van der Waals surface area contributed by atoms with Gasteiger partial charge in [0.05, 0.1) is 12.7 Å². The third-order valence-electron chi connectivity index (χ3n) is 6.54. The molecule has 0 aromatic heterocycles. The lowest BCUT2D eigenvalue weighted by Crippen LogP contribution is -2.59. The Balaban J connectivity index is 1.61. The number of methoxy groups -OCH3 is 2. The van der Waals surface area contributed by atoms with Gasteiger partial charge in [0.2, 0.25) is 0 Å². The summed E-state index contributed by atoms with van der Waals surface area (Å²) in [6, 6.07) is 8.58. The van der Waals surface area contributed by atoms with E-state index in [9.17, 15) is 0 Å². The van der Waals surface area contributed by atoms with Crippen LogP contribution in [0.1, 0.15) is 37.7 Å². The van der Waals surface area contributed by atoms with E-state index < -0.39 is 0 Å². The highest BCUT2D eigenvalue weighted by atomic mass is 16.5. The van der Waals surface area contributed by atoms with Gasteiger partial charge in [-0.2, -0.15) is 0 Å². The first-order chi connectivity index (χ1) is 10.2. The van der Waals surface area contributed by atoms with Gasteiger partial charge in [0, 0.05) is 13.5 Å². The molecule has 0 amide bonds. The van der Waals surface area contributed by atoms with Gasteiger partial charge in [-0.3, -0.25) is 0 Å². The Kier molecular flexibility index (Phi) is 3.25. The van der Waals surface area contributed by atoms with Crippen LogP contribution >= 0.6 is 0 Å². The lowest BCUT2D eigenvalue weighted by molar-refractivity contribution is -0.189. The summed E-state index contributed by atoms with van der Waals surface area (Å²) in [7, 11) is 3.68. The predicted molar refractivity (Wildman–Crippen MR) is 83.5 cm³/mol. The Bertz CT molecular complexity index is 477. The molecular formula is C19H26O2. The Morgan fingerprint density at radius 2 is 1.48 bits per heavy atom. The lowest BCUT2D eigenvalue weighted by atomic mass is 9.49. The Morgan fingerprint density at radius 1 is 0.905 bits per heavy atom. The van der Waals surface area contributed by atoms with Gasteiger partial charge >= 0.3 is 0 Å². The molecule has 0 unspecified atom stereocenters. The molecule has 5 rings (SSSR count). The molecule has 4 saturated carbocycles. The largest absolute Gasteiger partial charge is 0.497 e. The van der Waals surface area contributed by atoms with Crippen LogP contribution in [-0.4, -0.2) is 19.8 Å². The molecule has 0 atom stereocenters. The molecule has 0 saturated heterocycles. The van der Waals surface area contributed by atoms with Gasteiger partial charge < -0.3 is 9.47 Å². The van der Waals surface area contributed by atoms with E-state index in [0.29, 0.717) is 0 Å². The van der Waals surface area contributed by atoms with Gasteiger partial charge in [0.1, 0.15) is 5.75 Å². The van der Waals surface area contributed by atoms with Crippen LogP contribution in [0.4, 0.5) is 0 Å². The standard InChI is InChI=1S/C19H26O2/c1-20-18-5-3-13(4-6-18)12-19(21-2)16-8-14-7-15(10-16)11-17(19)9-14/h3-6,14-17H,7-12H2,1-2H3. The molecule has 0 radical (unpaired) electrons. The summed E-state index contributed by atoms with van der Waals surface area (Å²) in [5.41, 5.74) is 1.49. The summed E-state index contributed by atoms with van der Waals surface area (Å²) in [6.45, 7) is 0. The van der Waals surface area contributed by atoms with Crippen LogP contribution in [0, 0.1) is 23.7 Å². The summed E-state index contributed by atoms with van der Waals surface area (Å²) >= 11 is 0. The first kappa shape index (κ1) is 13.6. The molecule has 4 aliphatic carbocycles. The minimum absolute atomic E-state index is 0.0992. The number of benzene rings is 1. The first-order valence-corrected chi connectivity index (χ1v) is 8.41. The Labute approximate surface area is 127 Å². The average Bonchev–Trinajstić information content (AvgIpc) is 2.51. The fraction of sp³-hybridized carbons (Fsp3) is 0.684. The van der Waals surface area contributed by atoms with Crippen LogP contribution in [0.2, 0.25) is 0 Å². The van der Waals surface area contributed by atoms with Gasteiger partial charge in [0.15, 0.2) is 0 Å². The van der Waals surface area contributed by atoms with Crippen molar-refractivity contribution < 1.29 is 9.47 Å². The van der Waals surface area contributed by atoms with Crippen LogP contribution in [0.5, 0.6) is 5.75 Å². The van der Waals surface area contributed by atoms with Crippen molar-refractivity contribution in [1.82, 2.24) is 0 Å². The molecule has 1 aromatic rings. The van der Waals surface area contributed by atoms with E-state index in [1.165, 1.54) is 37.7 Å². The van der Waals surface area contributed by atoms with Crippen LogP contribution in [0.25, 0.3) is 0 Å². The van der Waals surface area contributed by atoms with Crippen molar-refractivity contribution in [2.24, 2.45) is 23.7 Å². The zero-order valence-corrected chi connectivity index (χ0v) is 13.2. The van der Waals surface area contributed by atoms with Gasteiger partial charge in [-0.05, 0) is 73.5 Å². The summed E-state index contributed by atoms with van der Waals surface area (Å²) in [5.74, 6) is 4.48. The van der Waals surface area contributed by atoms with Gasteiger partial charge in [0.25, 0.3) is 0 Å². The van der Waals surface area contributed by atoms with Crippen molar-refractivity contribution in [2.45, 2.75) is 44.1 Å².